The number of halogens is 2. The van der Waals surface area contributed by atoms with Crippen LogP contribution in [0.1, 0.15) is 0 Å². The van der Waals surface area contributed by atoms with Crippen LogP contribution in [0.5, 0.6) is 0 Å². The molecule has 0 fully saturated rings. The number of hydrogen-bond donors (Lipinski definition) is 0. The van der Waals surface area contributed by atoms with Gasteiger partial charge >= 0.3 is 0 Å². The Kier molecular flexibility index (Phi) is 3.50. The van der Waals surface area contributed by atoms with Crippen LogP contribution in [0.25, 0.3) is 21.7 Å². The molecule has 0 aliphatic rings. The van der Waals surface area contributed by atoms with Crippen LogP contribution in [0, 0.1) is 11.6 Å². The molecule has 3 rings (SSSR count). The van der Waals surface area contributed by atoms with E-state index in [1.54, 1.807) is 0 Å². The van der Waals surface area contributed by atoms with Gasteiger partial charge in [-0.3, -0.25) is 9.36 Å². The van der Waals surface area contributed by atoms with Crippen molar-refractivity contribution in [3.63, 3.8) is 0 Å². The SMILES string of the molecule is CSc1nc2c(=O)n(C)c(-c3c(F)cccc3F)nc2s1. The summed E-state index contributed by atoms with van der Waals surface area (Å²) in [6, 6.07) is 3.53. The molecule has 8 heteroatoms. The van der Waals surface area contributed by atoms with Gasteiger partial charge in [0, 0.05) is 7.05 Å². The molecule has 108 valence electrons. The lowest BCUT2D eigenvalue weighted by Crippen LogP contribution is -2.20. The molecule has 0 radical (unpaired) electrons. The summed E-state index contributed by atoms with van der Waals surface area (Å²) in [4.78, 5) is 21.1. The van der Waals surface area contributed by atoms with Crippen LogP contribution >= 0.6 is 23.1 Å². The van der Waals surface area contributed by atoms with Crippen LogP contribution in [0.15, 0.2) is 27.3 Å². The number of hydrogen-bond acceptors (Lipinski definition) is 5. The van der Waals surface area contributed by atoms with Crippen molar-refractivity contribution in [3.05, 3.63) is 40.2 Å². The largest absolute Gasteiger partial charge is 0.294 e. The second kappa shape index (κ2) is 5.19. The first kappa shape index (κ1) is 14.2. The highest BCUT2D eigenvalue weighted by molar-refractivity contribution is 8.00. The van der Waals surface area contributed by atoms with Crippen LogP contribution < -0.4 is 5.56 Å². The molecule has 2 heterocycles. The van der Waals surface area contributed by atoms with Gasteiger partial charge in [-0.05, 0) is 18.4 Å². The summed E-state index contributed by atoms with van der Waals surface area (Å²) in [5.41, 5.74) is -0.514. The maximum Gasteiger partial charge on any atom is 0.281 e. The number of thioether (sulfide) groups is 1. The molecule has 0 atom stereocenters. The van der Waals surface area contributed by atoms with Crippen molar-refractivity contribution in [2.45, 2.75) is 4.34 Å². The predicted molar refractivity (Wildman–Crippen MR) is 79.8 cm³/mol. The quantitative estimate of drug-likeness (QED) is 0.680. The van der Waals surface area contributed by atoms with Gasteiger partial charge in [0.15, 0.2) is 14.7 Å². The minimum atomic E-state index is -0.758. The van der Waals surface area contributed by atoms with E-state index in [4.69, 9.17) is 0 Å². The molecule has 3 aromatic rings. The fourth-order valence-electron chi connectivity index (χ4n) is 1.96. The number of thiazole rings is 1. The molecule has 21 heavy (non-hydrogen) atoms. The Balaban J connectivity index is 2.38. The van der Waals surface area contributed by atoms with Crippen molar-refractivity contribution in [2.24, 2.45) is 7.05 Å². The number of nitrogens with zero attached hydrogens (tertiary/aromatic N) is 3. The van der Waals surface area contributed by atoms with Gasteiger partial charge in [0.25, 0.3) is 5.56 Å². The van der Waals surface area contributed by atoms with E-state index in [1.807, 2.05) is 6.26 Å². The van der Waals surface area contributed by atoms with Crippen molar-refractivity contribution in [1.29, 1.82) is 0 Å². The van der Waals surface area contributed by atoms with Gasteiger partial charge in [-0.15, -0.1) is 0 Å². The van der Waals surface area contributed by atoms with E-state index in [9.17, 15) is 13.6 Å². The van der Waals surface area contributed by atoms with Gasteiger partial charge in [-0.25, -0.2) is 18.7 Å². The first-order chi connectivity index (χ1) is 10.0. The van der Waals surface area contributed by atoms with Gasteiger partial charge < -0.3 is 0 Å². The first-order valence-corrected chi connectivity index (χ1v) is 7.93. The van der Waals surface area contributed by atoms with Gasteiger partial charge in [-0.1, -0.05) is 29.2 Å². The topological polar surface area (TPSA) is 47.8 Å². The Labute approximate surface area is 126 Å². The van der Waals surface area contributed by atoms with E-state index in [0.29, 0.717) is 9.17 Å². The summed E-state index contributed by atoms with van der Waals surface area (Å²) in [6.07, 6.45) is 1.83. The summed E-state index contributed by atoms with van der Waals surface area (Å²) >= 11 is 2.61. The molecule has 0 saturated carbocycles. The molecule has 0 spiro atoms. The fourth-order valence-corrected chi connectivity index (χ4v) is 3.37. The van der Waals surface area contributed by atoms with Crippen molar-refractivity contribution in [2.75, 3.05) is 6.26 Å². The van der Waals surface area contributed by atoms with Crippen LogP contribution in [0.3, 0.4) is 0 Å². The molecule has 4 nitrogen and oxygen atoms in total. The zero-order valence-electron chi connectivity index (χ0n) is 11.1. The van der Waals surface area contributed by atoms with Gasteiger partial charge in [0.05, 0.1) is 5.56 Å². The molecule has 0 saturated heterocycles. The highest BCUT2D eigenvalue weighted by atomic mass is 32.2. The summed E-state index contributed by atoms with van der Waals surface area (Å²) in [7, 11) is 1.42. The van der Waals surface area contributed by atoms with Gasteiger partial charge in [0.1, 0.15) is 17.5 Å². The van der Waals surface area contributed by atoms with Crippen molar-refractivity contribution in [3.8, 4) is 11.4 Å². The third-order valence-corrected chi connectivity index (χ3v) is 4.92. The number of aromatic nitrogens is 3. The zero-order chi connectivity index (χ0) is 15.1. The molecule has 2 aromatic heterocycles. The van der Waals surface area contributed by atoms with Crippen molar-refractivity contribution >= 4 is 33.4 Å². The van der Waals surface area contributed by atoms with E-state index in [0.717, 1.165) is 16.7 Å². The Hall–Kier alpha value is -1.80. The average molecular weight is 325 g/mol. The van der Waals surface area contributed by atoms with Gasteiger partial charge in [-0.2, -0.15) is 0 Å². The number of fused-ring (bicyclic) bond motifs is 1. The van der Waals surface area contributed by atoms with E-state index >= 15 is 0 Å². The van der Waals surface area contributed by atoms with E-state index in [-0.39, 0.29) is 16.9 Å². The maximum atomic E-state index is 13.9. The Bertz CT molecular complexity index is 884. The van der Waals surface area contributed by atoms with Crippen LogP contribution in [-0.4, -0.2) is 20.8 Å². The predicted octanol–water partition coefficient (Wildman–Crippen LogP) is 3.06. The monoisotopic (exact) mass is 325 g/mol. The Morgan fingerprint density at radius 3 is 2.52 bits per heavy atom. The number of benzene rings is 1. The highest BCUT2D eigenvalue weighted by Gasteiger charge is 2.19. The molecule has 1 aromatic carbocycles. The molecule has 0 N–H and O–H groups in total. The Morgan fingerprint density at radius 1 is 1.24 bits per heavy atom. The molecular formula is C13H9F2N3OS2. The van der Waals surface area contributed by atoms with E-state index in [2.05, 4.69) is 9.97 Å². The molecule has 0 unspecified atom stereocenters. The third kappa shape index (κ3) is 2.24. The van der Waals surface area contributed by atoms with Crippen molar-refractivity contribution < 1.29 is 8.78 Å². The summed E-state index contributed by atoms with van der Waals surface area (Å²) in [5, 5.41) is 0. The second-order valence-corrected chi connectivity index (χ2v) is 6.26. The minimum absolute atomic E-state index is 0.0422. The van der Waals surface area contributed by atoms with E-state index < -0.39 is 17.2 Å². The third-order valence-electron chi connectivity index (χ3n) is 2.98. The van der Waals surface area contributed by atoms with Gasteiger partial charge in [0.2, 0.25) is 0 Å². The lowest BCUT2D eigenvalue weighted by atomic mass is 10.2. The second-order valence-electron chi connectivity index (χ2n) is 4.23. The standard InChI is InChI=1S/C13H9F2N3OS2/c1-18-10(8-6(14)4-3-5-7(8)15)17-11-9(12(18)19)16-13(20-2)21-11/h3-5H,1-2H3. The van der Waals surface area contributed by atoms with E-state index in [1.165, 1.54) is 36.2 Å². The maximum absolute atomic E-state index is 13.9. The summed E-state index contributed by atoms with van der Waals surface area (Å²) in [5.74, 6) is -1.56. The molecule has 0 aliphatic heterocycles. The lowest BCUT2D eigenvalue weighted by Gasteiger charge is -2.08. The molecule has 0 amide bonds. The summed E-state index contributed by atoms with van der Waals surface area (Å²) in [6.45, 7) is 0. The van der Waals surface area contributed by atoms with Crippen LogP contribution in [0.4, 0.5) is 8.78 Å². The summed E-state index contributed by atoms with van der Waals surface area (Å²) < 4.78 is 29.6. The highest BCUT2D eigenvalue weighted by Crippen LogP contribution is 2.28. The fraction of sp³-hybridized carbons (Fsp3) is 0.154. The minimum Gasteiger partial charge on any atom is -0.294 e. The van der Waals surface area contributed by atoms with Crippen LogP contribution in [0.2, 0.25) is 0 Å². The normalized spacial score (nSPS) is 11.2. The number of rotatable bonds is 2. The zero-order valence-corrected chi connectivity index (χ0v) is 12.7. The first-order valence-electron chi connectivity index (χ1n) is 5.89. The molecule has 0 aliphatic carbocycles. The molecular weight excluding hydrogens is 316 g/mol. The van der Waals surface area contributed by atoms with Crippen LogP contribution in [-0.2, 0) is 7.05 Å². The Morgan fingerprint density at radius 2 is 1.90 bits per heavy atom. The molecule has 0 bridgehead atoms. The smallest absolute Gasteiger partial charge is 0.281 e. The lowest BCUT2D eigenvalue weighted by molar-refractivity contribution is 0.585. The average Bonchev–Trinajstić information content (AvgIpc) is 2.87. The van der Waals surface area contributed by atoms with Crippen molar-refractivity contribution in [1.82, 2.24) is 14.5 Å².